The van der Waals surface area contributed by atoms with Gasteiger partial charge in [-0.25, -0.2) is 0 Å². The normalized spacial score (nSPS) is 9.86. The van der Waals surface area contributed by atoms with Gasteiger partial charge in [0.2, 0.25) is 0 Å². The third kappa shape index (κ3) is 3.56. The van der Waals surface area contributed by atoms with E-state index in [9.17, 15) is 4.79 Å². The van der Waals surface area contributed by atoms with Gasteiger partial charge in [0.05, 0.1) is 0 Å². The second-order valence-corrected chi connectivity index (χ2v) is 3.83. The van der Waals surface area contributed by atoms with Crippen molar-refractivity contribution in [3.8, 4) is 0 Å². The van der Waals surface area contributed by atoms with E-state index in [4.69, 9.17) is 0 Å². The Kier molecular flexibility index (Phi) is 3.63. The molecule has 1 rings (SSSR count). The largest absolute Gasteiger partial charge is 0.300 e. The molecule has 1 heteroatoms. The Balaban J connectivity index is 2.78. The van der Waals surface area contributed by atoms with E-state index in [-0.39, 0.29) is 5.78 Å². The summed E-state index contributed by atoms with van der Waals surface area (Å²) in [7, 11) is 0. The van der Waals surface area contributed by atoms with Crippen molar-refractivity contribution in [1.82, 2.24) is 0 Å². The van der Waals surface area contributed by atoms with E-state index < -0.39 is 0 Å². The van der Waals surface area contributed by atoms with Crippen molar-refractivity contribution in [2.24, 2.45) is 0 Å². The van der Waals surface area contributed by atoms with E-state index >= 15 is 0 Å². The molecule has 0 unspecified atom stereocenters. The van der Waals surface area contributed by atoms with E-state index in [0.29, 0.717) is 6.42 Å². The summed E-state index contributed by atoms with van der Waals surface area (Å²) in [5.41, 5.74) is 3.47. The average molecular weight is 188 g/mol. The number of hydrogen-bond donors (Lipinski definition) is 0. The zero-order valence-electron chi connectivity index (χ0n) is 8.84. The van der Waals surface area contributed by atoms with Gasteiger partial charge >= 0.3 is 0 Å². The average Bonchev–Trinajstić information content (AvgIpc) is 2.01. The van der Waals surface area contributed by atoms with Crippen LogP contribution in [0.3, 0.4) is 0 Å². The number of ketones is 1. The quantitative estimate of drug-likeness (QED) is 0.664. The summed E-state index contributed by atoms with van der Waals surface area (Å²) in [6, 6.07) is 8.13. The van der Waals surface area contributed by atoms with Crippen molar-refractivity contribution in [2.45, 2.75) is 26.7 Å². The van der Waals surface area contributed by atoms with Crippen LogP contribution in [0.15, 0.2) is 36.4 Å². The zero-order chi connectivity index (χ0) is 10.6. The molecular formula is C13H16O. The molecule has 1 aromatic rings. The van der Waals surface area contributed by atoms with Crippen LogP contribution in [0.5, 0.6) is 0 Å². The first-order chi connectivity index (χ1) is 6.58. The summed E-state index contributed by atoms with van der Waals surface area (Å²) in [6.45, 7) is 7.50. The number of carbonyl (C=O) groups excluding carboxylic acids is 1. The topological polar surface area (TPSA) is 17.1 Å². The number of allylic oxidation sites excluding steroid dienone is 1. The number of hydrogen-bond acceptors (Lipinski definition) is 1. The Bertz CT molecular complexity index is 319. The SMILES string of the molecule is C=C(C)Cc1cccc(CC(C)=O)c1. The second kappa shape index (κ2) is 4.75. The molecule has 0 radical (unpaired) electrons. The van der Waals surface area contributed by atoms with Crippen LogP contribution < -0.4 is 0 Å². The van der Waals surface area contributed by atoms with Gasteiger partial charge in [-0.1, -0.05) is 36.4 Å². The molecule has 0 aliphatic heterocycles. The molecule has 0 N–H and O–H groups in total. The van der Waals surface area contributed by atoms with Gasteiger partial charge in [-0.15, -0.1) is 0 Å². The fourth-order valence-corrected chi connectivity index (χ4v) is 1.49. The van der Waals surface area contributed by atoms with Crippen LogP contribution in [0, 0.1) is 0 Å². The molecule has 0 amide bonds. The monoisotopic (exact) mass is 188 g/mol. The third-order valence-corrected chi connectivity index (χ3v) is 1.95. The first-order valence-electron chi connectivity index (χ1n) is 4.79. The van der Waals surface area contributed by atoms with Gasteiger partial charge in [-0.05, 0) is 31.4 Å². The van der Waals surface area contributed by atoms with Crippen LogP contribution in [-0.4, -0.2) is 5.78 Å². The second-order valence-electron chi connectivity index (χ2n) is 3.83. The summed E-state index contributed by atoms with van der Waals surface area (Å²) in [6.07, 6.45) is 1.43. The van der Waals surface area contributed by atoms with Crippen molar-refractivity contribution in [3.05, 3.63) is 47.5 Å². The highest BCUT2D eigenvalue weighted by atomic mass is 16.1. The molecule has 0 heterocycles. The predicted octanol–water partition coefficient (Wildman–Crippen LogP) is 2.94. The molecule has 0 bridgehead atoms. The molecule has 0 aliphatic carbocycles. The maximum atomic E-state index is 10.9. The fourth-order valence-electron chi connectivity index (χ4n) is 1.49. The summed E-state index contributed by atoms with van der Waals surface area (Å²) in [4.78, 5) is 10.9. The van der Waals surface area contributed by atoms with Crippen molar-refractivity contribution in [2.75, 3.05) is 0 Å². The third-order valence-electron chi connectivity index (χ3n) is 1.95. The number of Topliss-reactive ketones (excluding diaryl/α,β-unsaturated/α-hetero) is 1. The number of carbonyl (C=O) groups is 1. The van der Waals surface area contributed by atoms with E-state index in [2.05, 4.69) is 18.7 Å². The van der Waals surface area contributed by atoms with Gasteiger partial charge in [0.15, 0.2) is 0 Å². The first-order valence-corrected chi connectivity index (χ1v) is 4.79. The first kappa shape index (κ1) is 10.7. The summed E-state index contributed by atoms with van der Waals surface area (Å²) >= 11 is 0. The van der Waals surface area contributed by atoms with Gasteiger partial charge < -0.3 is 0 Å². The minimum absolute atomic E-state index is 0.206. The van der Waals surface area contributed by atoms with Gasteiger partial charge in [-0.3, -0.25) is 4.79 Å². The minimum Gasteiger partial charge on any atom is -0.300 e. The Hall–Kier alpha value is -1.37. The van der Waals surface area contributed by atoms with Crippen LogP contribution in [0.2, 0.25) is 0 Å². The van der Waals surface area contributed by atoms with Crippen molar-refractivity contribution in [3.63, 3.8) is 0 Å². The Morgan fingerprint density at radius 3 is 2.29 bits per heavy atom. The maximum Gasteiger partial charge on any atom is 0.134 e. The lowest BCUT2D eigenvalue weighted by Crippen LogP contribution is -1.97. The highest BCUT2D eigenvalue weighted by Crippen LogP contribution is 2.10. The van der Waals surface area contributed by atoms with Crippen molar-refractivity contribution in [1.29, 1.82) is 0 Å². The van der Waals surface area contributed by atoms with E-state index in [1.165, 1.54) is 5.56 Å². The molecule has 1 aromatic carbocycles. The molecular weight excluding hydrogens is 172 g/mol. The molecule has 14 heavy (non-hydrogen) atoms. The van der Waals surface area contributed by atoms with Crippen molar-refractivity contribution >= 4 is 5.78 Å². The Morgan fingerprint density at radius 1 is 1.21 bits per heavy atom. The fraction of sp³-hybridized carbons (Fsp3) is 0.308. The molecule has 1 nitrogen and oxygen atoms in total. The molecule has 0 aromatic heterocycles. The van der Waals surface area contributed by atoms with E-state index in [1.54, 1.807) is 6.92 Å². The maximum absolute atomic E-state index is 10.9. The Morgan fingerprint density at radius 2 is 1.79 bits per heavy atom. The zero-order valence-corrected chi connectivity index (χ0v) is 8.84. The molecule has 0 atom stereocenters. The van der Waals surface area contributed by atoms with E-state index in [0.717, 1.165) is 17.6 Å². The van der Waals surface area contributed by atoms with Crippen molar-refractivity contribution < 1.29 is 4.79 Å². The lowest BCUT2D eigenvalue weighted by molar-refractivity contribution is -0.116. The summed E-state index contributed by atoms with van der Waals surface area (Å²) < 4.78 is 0. The molecule has 0 aliphatic rings. The highest BCUT2D eigenvalue weighted by molar-refractivity contribution is 5.78. The highest BCUT2D eigenvalue weighted by Gasteiger charge is 1.99. The van der Waals surface area contributed by atoms with Gasteiger partial charge in [0.1, 0.15) is 5.78 Å². The molecule has 0 fully saturated rings. The number of rotatable bonds is 4. The lowest BCUT2D eigenvalue weighted by atomic mass is 10.0. The number of benzene rings is 1. The van der Waals surface area contributed by atoms with Gasteiger partial charge in [0.25, 0.3) is 0 Å². The van der Waals surface area contributed by atoms with Crippen LogP contribution in [-0.2, 0) is 17.6 Å². The standard InChI is InChI=1S/C13H16O/c1-10(2)7-12-5-4-6-13(9-12)8-11(3)14/h4-6,9H,1,7-8H2,2-3H3. The lowest BCUT2D eigenvalue weighted by Gasteiger charge is -2.03. The van der Waals surface area contributed by atoms with Gasteiger partial charge in [-0.2, -0.15) is 0 Å². The summed E-state index contributed by atoms with van der Waals surface area (Å²) in [5, 5.41) is 0. The minimum atomic E-state index is 0.206. The molecule has 0 saturated heterocycles. The smallest absolute Gasteiger partial charge is 0.134 e. The molecule has 0 spiro atoms. The Labute approximate surface area is 85.5 Å². The van der Waals surface area contributed by atoms with Crippen LogP contribution in [0.1, 0.15) is 25.0 Å². The van der Waals surface area contributed by atoms with Crippen LogP contribution >= 0.6 is 0 Å². The predicted molar refractivity (Wildman–Crippen MR) is 59.3 cm³/mol. The van der Waals surface area contributed by atoms with Gasteiger partial charge in [0, 0.05) is 6.42 Å². The van der Waals surface area contributed by atoms with Crippen LogP contribution in [0.25, 0.3) is 0 Å². The molecule has 74 valence electrons. The molecule has 0 saturated carbocycles. The summed E-state index contributed by atoms with van der Waals surface area (Å²) in [5.74, 6) is 0.206. The van der Waals surface area contributed by atoms with E-state index in [1.807, 2.05) is 19.1 Å². The van der Waals surface area contributed by atoms with Crippen LogP contribution in [0.4, 0.5) is 0 Å².